The Kier molecular flexibility index (Phi) is 4.98. The molecule has 1 aromatic carbocycles. The lowest BCUT2D eigenvalue weighted by Gasteiger charge is -2.33. The smallest absolute Gasteiger partial charge is 0.0372 e. The molecule has 2 N–H and O–H groups in total. The highest BCUT2D eigenvalue weighted by molar-refractivity contribution is 5.54. The fraction of sp³-hybridized carbons (Fsp3) is 0.684. The second kappa shape index (κ2) is 6.39. The Bertz CT molecular complexity index is 469. The molecule has 1 aromatic rings. The van der Waals surface area contributed by atoms with Gasteiger partial charge in [0, 0.05) is 17.8 Å². The summed E-state index contributed by atoms with van der Waals surface area (Å²) in [6.07, 6.45) is 4.78. The summed E-state index contributed by atoms with van der Waals surface area (Å²) in [6, 6.07) is 6.92. The van der Waals surface area contributed by atoms with Crippen LogP contribution in [0, 0.1) is 5.41 Å². The van der Waals surface area contributed by atoms with Crippen LogP contribution in [0.3, 0.4) is 0 Å². The van der Waals surface area contributed by atoms with Crippen LogP contribution in [0.25, 0.3) is 0 Å². The molecule has 0 bridgehead atoms. The minimum atomic E-state index is 0.202. The van der Waals surface area contributed by atoms with Crippen LogP contribution in [0.5, 0.6) is 0 Å². The summed E-state index contributed by atoms with van der Waals surface area (Å²) >= 11 is 0. The Morgan fingerprint density at radius 1 is 1.14 bits per heavy atom. The molecule has 0 fully saturated rings. The van der Waals surface area contributed by atoms with E-state index in [2.05, 4.69) is 63.5 Å². The second-order valence-electron chi connectivity index (χ2n) is 8.32. The van der Waals surface area contributed by atoms with Crippen LogP contribution in [0.4, 0.5) is 5.69 Å². The van der Waals surface area contributed by atoms with Crippen molar-refractivity contribution in [2.75, 3.05) is 18.4 Å². The molecule has 0 spiro atoms. The molecule has 0 radical (unpaired) electrons. The lowest BCUT2D eigenvalue weighted by atomic mass is 9.82. The molecule has 21 heavy (non-hydrogen) atoms. The fourth-order valence-corrected chi connectivity index (χ4v) is 3.62. The van der Waals surface area contributed by atoms with Crippen molar-refractivity contribution in [1.82, 2.24) is 5.32 Å². The SMILES string of the molecule is CC(C)(C)CC(C)(C)NCCc1ccc2c(c1)CCCN2. The van der Waals surface area contributed by atoms with E-state index in [4.69, 9.17) is 0 Å². The number of fused-ring (bicyclic) bond motifs is 1. The van der Waals surface area contributed by atoms with Crippen molar-refractivity contribution in [1.29, 1.82) is 0 Å². The number of hydrogen-bond acceptors (Lipinski definition) is 2. The molecule has 2 heteroatoms. The molecular weight excluding hydrogens is 256 g/mol. The first-order valence-corrected chi connectivity index (χ1v) is 8.36. The minimum absolute atomic E-state index is 0.202. The predicted molar refractivity (Wildman–Crippen MR) is 93.1 cm³/mol. The van der Waals surface area contributed by atoms with E-state index in [1.54, 1.807) is 0 Å². The Hall–Kier alpha value is -1.02. The first-order chi connectivity index (χ1) is 9.75. The zero-order chi connectivity index (χ0) is 15.5. The molecule has 0 amide bonds. The normalized spacial score (nSPS) is 15.5. The molecule has 0 saturated carbocycles. The van der Waals surface area contributed by atoms with Gasteiger partial charge in [-0.1, -0.05) is 32.9 Å². The highest BCUT2D eigenvalue weighted by Gasteiger charge is 2.24. The first-order valence-electron chi connectivity index (χ1n) is 8.36. The minimum Gasteiger partial charge on any atom is -0.385 e. The van der Waals surface area contributed by atoms with Gasteiger partial charge in [-0.2, -0.15) is 0 Å². The van der Waals surface area contributed by atoms with Crippen LogP contribution in [-0.2, 0) is 12.8 Å². The molecule has 1 aliphatic rings. The van der Waals surface area contributed by atoms with Crippen molar-refractivity contribution >= 4 is 5.69 Å². The van der Waals surface area contributed by atoms with Gasteiger partial charge in [-0.3, -0.25) is 0 Å². The van der Waals surface area contributed by atoms with Crippen molar-refractivity contribution in [2.45, 2.75) is 65.8 Å². The summed E-state index contributed by atoms with van der Waals surface area (Å²) in [5.41, 5.74) is 4.86. The molecule has 0 unspecified atom stereocenters. The topological polar surface area (TPSA) is 24.1 Å². The van der Waals surface area contributed by atoms with Gasteiger partial charge in [-0.15, -0.1) is 0 Å². The summed E-state index contributed by atoms with van der Waals surface area (Å²) in [6.45, 7) is 13.7. The summed E-state index contributed by atoms with van der Waals surface area (Å²) in [4.78, 5) is 0. The van der Waals surface area contributed by atoms with E-state index in [-0.39, 0.29) is 5.54 Å². The molecule has 0 atom stereocenters. The lowest BCUT2D eigenvalue weighted by Crippen LogP contribution is -2.43. The molecule has 2 rings (SSSR count). The van der Waals surface area contributed by atoms with E-state index < -0.39 is 0 Å². The van der Waals surface area contributed by atoms with Crippen LogP contribution in [-0.4, -0.2) is 18.6 Å². The molecule has 1 heterocycles. The molecule has 2 nitrogen and oxygen atoms in total. The van der Waals surface area contributed by atoms with Gasteiger partial charge in [-0.25, -0.2) is 0 Å². The van der Waals surface area contributed by atoms with E-state index >= 15 is 0 Å². The standard InChI is InChI=1S/C19H32N2/c1-18(2,3)14-19(4,5)21-12-10-15-8-9-17-16(13-15)7-6-11-20-17/h8-9,13,20-21H,6-7,10-12,14H2,1-5H3. The Morgan fingerprint density at radius 3 is 2.62 bits per heavy atom. The second-order valence-corrected chi connectivity index (χ2v) is 8.32. The van der Waals surface area contributed by atoms with Crippen molar-refractivity contribution in [3.63, 3.8) is 0 Å². The first kappa shape index (κ1) is 16.4. The van der Waals surface area contributed by atoms with E-state index in [0.717, 1.165) is 19.5 Å². The number of aryl methyl sites for hydroxylation is 1. The molecule has 0 aromatic heterocycles. The fourth-order valence-electron chi connectivity index (χ4n) is 3.62. The molecule has 118 valence electrons. The molecule has 1 aliphatic heterocycles. The van der Waals surface area contributed by atoms with Gasteiger partial charge in [0.15, 0.2) is 0 Å². The number of hydrogen-bond donors (Lipinski definition) is 2. The third-order valence-corrected chi connectivity index (χ3v) is 4.10. The zero-order valence-corrected chi connectivity index (χ0v) is 14.5. The van der Waals surface area contributed by atoms with E-state index in [1.165, 1.54) is 36.1 Å². The van der Waals surface area contributed by atoms with E-state index in [0.29, 0.717) is 5.41 Å². The summed E-state index contributed by atoms with van der Waals surface area (Å²) in [5.74, 6) is 0. The third kappa shape index (κ3) is 5.35. The van der Waals surface area contributed by atoms with Crippen molar-refractivity contribution in [3.8, 4) is 0 Å². The molecule has 0 saturated heterocycles. The van der Waals surface area contributed by atoms with E-state index in [9.17, 15) is 0 Å². The Labute approximate surface area is 130 Å². The van der Waals surface area contributed by atoms with Gasteiger partial charge in [0.1, 0.15) is 0 Å². The average Bonchev–Trinajstić information content (AvgIpc) is 2.35. The maximum Gasteiger partial charge on any atom is 0.0372 e. The van der Waals surface area contributed by atoms with Crippen molar-refractivity contribution in [3.05, 3.63) is 29.3 Å². The predicted octanol–water partition coefficient (Wildman–Crippen LogP) is 4.39. The van der Waals surface area contributed by atoms with Gasteiger partial charge in [0.2, 0.25) is 0 Å². The average molecular weight is 288 g/mol. The molecule has 0 aliphatic carbocycles. The Morgan fingerprint density at radius 2 is 1.90 bits per heavy atom. The van der Waals surface area contributed by atoms with Crippen LogP contribution < -0.4 is 10.6 Å². The van der Waals surface area contributed by atoms with Gasteiger partial charge in [-0.05, 0) is 68.7 Å². The van der Waals surface area contributed by atoms with Crippen LogP contribution in [0.15, 0.2) is 18.2 Å². The third-order valence-electron chi connectivity index (χ3n) is 4.10. The molecular formula is C19H32N2. The quantitative estimate of drug-likeness (QED) is 0.839. The maximum absolute atomic E-state index is 3.73. The highest BCUT2D eigenvalue weighted by Crippen LogP contribution is 2.27. The zero-order valence-electron chi connectivity index (χ0n) is 14.5. The maximum atomic E-state index is 3.73. The highest BCUT2D eigenvalue weighted by atomic mass is 14.9. The Balaban J connectivity index is 1.86. The van der Waals surface area contributed by atoms with Gasteiger partial charge < -0.3 is 10.6 Å². The van der Waals surface area contributed by atoms with Gasteiger partial charge in [0.05, 0.1) is 0 Å². The summed E-state index contributed by atoms with van der Waals surface area (Å²) in [5, 5.41) is 7.21. The van der Waals surface area contributed by atoms with Crippen LogP contribution in [0.1, 0.15) is 58.6 Å². The van der Waals surface area contributed by atoms with Crippen LogP contribution in [0.2, 0.25) is 0 Å². The summed E-state index contributed by atoms with van der Waals surface area (Å²) < 4.78 is 0. The van der Waals surface area contributed by atoms with Gasteiger partial charge in [0.25, 0.3) is 0 Å². The largest absolute Gasteiger partial charge is 0.385 e. The monoisotopic (exact) mass is 288 g/mol. The van der Waals surface area contributed by atoms with Crippen molar-refractivity contribution < 1.29 is 0 Å². The number of anilines is 1. The van der Waals surface area contributed by atoms with Crippen LogP contribution >= 0.6 is 0 Å². The number of benzene rings is 1. The number of rotatable bonds is 5. The lowest BCUT2D eigenvalue weighted by molar-refractivity contribution is 0.243. The van der Waals surface area contributed by atoms with Crippen molar-refractivity contribution in [2.24, 2.45) is 5.41 Å². The van der Waals surface area contributed by atoms with Gasteiger partial charge >= 0.3 is 0 Å². The van der Waals surface area contributed by atoms with E-state index in [1.807, 2.05) is 0 Å². The summed E-state index contributed by atoms with van der Waals surface area (Å²) in [7, 11) is 0. The number of nitrogens with one attached hydrogen (secondary N) is 2.